The molecule has 0 aromatic heterocycles. The highest BCUT2D eigenvalue weighted by Gasteiger charge is 2.22. The van der Waals surface area contributed by atoms with Gasteiger partial charge in [-0.05, 0) is 53.9 Å². The molecule has 1 aliphatic rings. The molecule has 0 spiro atoms. The lowest BCUT2D eigenvalue weighted by atomic mass is 10.0. The monoisotopic (exact) mass is 511 g/mol. The first kappa shape index (κ1) is 27.2. The van der Waals surface area contributed by atoms with Crippen molar-refractivity contribution < 1.29 is 9.53 Å². The third-order valence-electron chi connectivity index (χ3n) is 4.70. The zero-order valence-corrected chi connectivity index (χ0v) is 21.1. The summed E-state index contributed by atoms with van der Waals surface area (Å²) in [7, 11) is 1.79. The quantitative estimate of drug-likeness (QED) is 0.278. The van der Waals surface area contributed by atoms with Crippen molar-refractivity contribution in [3.8, 4) is 0 Å². The van der Waals surface area contributed by atoms with Crippen molar-refractivity contribution in [2.75, 3.05) is 26.7 Å². The van der Waals surface area contributed by atoms with Gasteiger partial charge in [-0.25, -0.2) is 4.79 Å². The summed E-state index contributed by atoms with van der Waals surface area (Å²) in [5, 5.41) is 9.84. The van der Waals surface area contributed by atoms with Gasteiger partial charge in [0.15, 0.2) is 5.96 Å². The molecule has 1 saturated heterocycles. The Morgan fingerprint density at radius 1 is 1.25 bits per heavy atom. The van der Waals surface area contributed by atoms with Gasteiger partial charge in [0.2, 0.25) is 0 Å². The number of carbonyl (C=O) groups excluding carboxylic acids is 1. The molecule has 0 aliphatic carbocycles. The van der Waals surface area contributed by atoms with E-state index in [0.29, 0.717) is 18.6 Å². The van der Waals surface area contributed by atoms with E-state index in [0.717, 1.165) is 44.7 Å². The number of aliphatic imine (C=N–C) groups is 1. The summed E-state index contributed by atoms with van der Waals surface area (Å²) < 4.78 is 5.37. The molecule has 1 aliphatic heterocycles. The lowest BCUT2D eigenvalue weighted by Crippen LogP contribution is -2.52. The molecule has 1 amide bonds. The van der Waals surface area contributed by atoms with Gasteiger partial charge in [-0.15, -0.1) is 24.0 Å². The van der Waals surface area contributed by atoms with Crippen LogP contribution in [-0.4, -0.2) is 67.4 Å². The smallest absolute Gasteiger partial charge is 0.407 e. The minimum atomic E-state index is -0.489. The first-order chi connectivity index (χ1) is 12.6. The van der Waals surface area contributed by atoms with Crippen LogP contribution in [0.1, 0.15) is 67.2 Å². The largest absolute Gasteiger partial charge is 0.444 e. The van der Waals surface area contributed by atoms with Crippen LogP contribution in [0.3, 0.4) is 0 Å². The number of alkyl carbamates (subject to hydrolysis) is 1. The fourth-order valence-corrected chi connectivity index (χ4v) is 3.22. The van der Waals surface area contributed by atoms with Crippen LogP contribution in [0.5, 0.6) is 0 Å². The van der Waals surface area contributed by atoms with Gasteiger partial charge in [-0.3, -0.25) is 4.99 Å². The van der Waals surface area contributed by atoms with E-state index in [4.69, 9.17) is 4.74 Å². The van der Waals surface area contributed by atoms with Gasteiger partial charge < -0.3 is 25.6 Å². The van der Waals surface area contributed by atoms with E-state index < -0.39 is 5.60 Å². The third kappa shape index (κ3) is 11.3. The van der Waals surface area contributed by atoms with Crippen LogP contribution in [0.25, 0.3) is 0 Å². The van der Waals surface area contributed by atoms with Gasteiger partial charge in [0, 0.05) is 44.8 Å². The molecule has 1 fully saturated rings. The highest BCUT2D eigenvalue weighted by Crippen LogP contribution is 2.13. The van der Waals surface area contributed by atoms with Crippen LogP contribution in [0.15, 0.2) is 4.99 Å². The average molecular weight is 511 g/mol. The van der Waals surface area contributed by atoms with Crippen molar-refractivity contribution in [2.24, 2.45) is 4.99 Å². The maximum absolute atomic E-state index is 12.0. The number of carbonyl (C=O) groups is 1. The summed E-state index contributed by atoms with van der Waals surface area (Å²) in [6, 6.07) is 1.05. The van der Waals surface area contributed by atoms with Crippen LogP contribution < -0.4 is 16.0 Å². The third-order valence-corrected chi connectivity index (χ3v) is 4.70. The second-order valence-corrected chi connectivity index (χ2v) is 8.63. The first-order valence-corrected chi connectivity index (χ1v) is 10.3. The lowest BCUT2D eigenvalue weighted by molar-refractivity contribution is 0.0502. The molecule has 3 N–H and O–H groups in total. The van der Waals surface area contributed by atoms with Crippen LogP contribution in [-0.2, 0) is 4.74 Å². The normalized spacial score (nSPS) is 17.6. The summed E-state index contributed by atoms with van der Waals surface area (Å²) in [6.45, 7) is 15.1. The van der Waals surface area contributed by atoms with Crippen LogP contribution >= 0.6 is 24.0 Å². The van der Waals surface area contributed by atoms with E-state index in [9.17, 15) is 4.79 Å². The summed E-state index contributed by atoms with van der Waals surface area (Å²) >= 11 is 0. The predicted octanol–water partition coefficient (Wildman–Crippen LogP) is 3.34. The molecule has 8 heteroatoms. The summed E-state index contributed by atoms with van der Waals surface area (Å²) in [5.74, 6) is 0.796. The van der Waals surface area contributed by atoms with E-state index in [1.165, 1.54) is 0 Å². The second-order valence-electron chi connectivity index (χ2n) is 8.63. The number of amides is 1. The van der Waals surface area contributed by atoms with Crippen LogP contribution in [0.4, 0.5) is 4.79 Å². The number of rotatable bonds is 7. The van der Waals surface area contributed by atoms with E-state index in [1.807, 2.05) is 20.8 Å². The highest BCUT2D eigenvalue weighted by molar-refractivity contribution is 14.0. The number of hydrogen-bond donors (Lipinski definition) is 3. The van der Waals surface area contributed by atoms with Gasteiger partial charge in [0.25, 0.3) is 0 Å². The Hall–Kier alpha value is -0.770. The SMILES string of the molecule is CCCC(CNC(=NC)NC1CCN(C(C)C)CC1)NC(=O)OC(C)(C)C.I. The van der Waals surface area contributed by atoms with E-state index in [1.54, 1.807) is 7.05 Å². The number of nitrogens with zero attached hydrogens (tertiary/aromatic N) is 2. The molecule has 1 atom stereocenters. The zero-order chi connectivity index (χ0) is 20.4. The van der Waals surface area contributed by atoms with Crippen molar-refractivity contribution in [3.05, 3.63) is 0 Å². The van der Waals surface area contributed by atoms with Crippen LogP contribution in [0, 0.1) is 0 Å². The maximum Gasteiger partial charge on any atom is 0.407 e. The molecule has 7 nitrogen and oxygen atoms in total. The summed E-state index contributed by atoms with van der Waals surface area (Å²) in [5.41, 5.74) is -0.489. The molecular weight excluding hydrogens is 469 g/mol. The molecule has 1 unspecified atom stereocenters. The van der Waals surface area contributed by atoms with Crippen molar-refractivity contribution in [3.63, 3.8) is 0 Å². The van der Waals surface area contributed by atoms with E-state index in [2.05, 4.69) is 46.6 Å². The molecule has 28 heavy (non-hydrogen) atoms. The number of hydrogen-bond acceptors (Lipinski definition) is 4. The van der Waals surface area contributed by atoms with Crippen molar-refractivity contribution in [1.82, 2.24) is 20.9 Å². The summed E-state index contributed by atoms with van der Waals surface area (Å²) in [4.78, 5) is 18.9. The van der Waals surface area contributed by atoms with Gasteiger partial charge in [-0.1, -0.05) is 13.3 Å². The lowest BCUT2D eigenvalue weighted by Gasteiger charge is -2.35. The Morgan fingerprint density at radius 2 is 1.86 bits per heavy atom. The standard InChI is InChI=1S/C20H41N5O2.HI/c1-8-9-17(24-19(26)27-20(4,5)6)14-22-18(21-7)23-16-10-12-25(13-11-16)15(2)3;/h15-17H,8-14H2,1-7H3,(H,24,26)(H2,21,22,23);1H. The maximum atomic E-state index is 12.0. The Morgan fingerprint density at radius 3 is 2.32 bits per heavy atom. The number of piperidine rings is 1. The van der Waals surface area contributed by atoms with E-state index in [-0.39, 0.29) is 36.1 Å². The van der Waals surface area contributed by atoms with Gasteiger partial charge >= 0.3 is 6.09 Å². The first-order valence-electron chi connectivity index (χ1n) is 10.3. The number of ether oxygens (including phenoxy) is 1. The molecule has 0 saturated carbocycles. The molecule has 0 bridgehead atoms. The average Bonchev–Trinajstić information content (AvgIpc) is 2.57. The van der Waals surface area contributed by atoms with Gasteiger partial charge in [0.1, 0.15) is 5.60 Å². The number of guanidine groups is 1. The predicted molar refractivity (Wildman–Crippen MR) is 128 cm³/mol. The molecule has 1 heterocycles. The minimum absolute atomic E-state index is 0. The zero-order valence-electron chi connectivity index (χ0n) is 18.8. The molecule has 0 radical (unpaired) electrons. The van der Waals surface area contributed by atoms with Crippen molar-refractivity contribution in [1.29, 1.82) is 0 Å². The van der Waals surface area contributed by atoms with Crippen molar-refractivity contribution in [2.45, 2.75) is 91.0 Å². The van der Waals surface area contributed by atoms with Gasteiger partial charge in [-0.2, -0.15) is 0 Å². The fourth-order valence-electron chi connectivity index (χ4n) is 3.22. The van der Waals surface area contributed by atoms with Crippen molar-refractivity contribution >= 4 is 36.0 Å². The molecule has 0 aromatic rings. The molecule has 1 rings (SSSR count). The number of likely N-dealkylation sites (tertiary alicyclic amines) is 1. The Labute approximate surface area is 188 Å². The van der Waals surface area contributed by atoms with Gasteiger partial charge in [0.05, 0.1) is 0 Å². The van der Waals surface area contributed by atoms with Crippen LogP contribution in [0.2, 0.25) is 0 Å². The summed E-state index contributed by atoms with van der Waals surface area (Å²) in [6.07, 6.45) is 3.74. The highest BCUT2D eigenvalue weighted by atomic mass is 127. The second kappa shape index (κ2) is 13.5. The Balaban J connectivity index is 0.00000729. The molecule has 166 valence electrons. The Bertz CT molecular complexity index is 472. The Kier molecular flexibility index (Phi) is 13.1. The molecular formula is C20H42IN5O2. The minimum Gasteiger partial charge on any atom is -0.444 e. The molecule has 0 aromatic carbocycles. The number of halogens is 1. The fraction of sp³-hybridized carbons (Fsp3) is 0.900. The number of nitrogens with one attached hydrogen (secondary N) is 3. The van der Waals surface area contributed by atoms with E-state index >= 15 is 0 Å². The topological polar surface area (TPSA) is 78.0 Å².